The first-order chi connectivity index (χ1) is 14.2. The number of imidazole rings is 1. The summed E-state index contributed by atoms with van der Waals surface area (Å²) in [5.74, 6) is 0.525. The van der Waals surface area contributed by atoms with Crippen molar-refractivity contribution in [3.63, 3.8) is 0 Å². The zero-order valence-corrected chi connectivity index (χ0v) is 17.0. The fraction of sp³-hybridized carbons (Fsp3) is 0.364. The van der Waals surface area contributed by atoms with Gasteiger partial charge in [0.2, 0.25) is 5.95 Å². The van der Waals surface area contributed by atoms with Gasteiger partial charge in [-0.15, -0.1) is 0 Å². The third kappa shape index (κ3) is 4.88. The number of para-hydroxylation sites is 2. The molecular weight excluding hydrogens is 385 g/mol. The van der Waals surface area contributed by atoms with Gasteiger partial charge in [0.1, 0.15) is 5.82 Å². The summed E-state index contributed by atoms with van der Waals surface area (Å²) in [6.07, 6.45) is 2.00. The Balaban J connectivity index is 1.48. The summed E-state index contributed by atoms with van der Waals surface area (Å²) in [6.45, 7) is 4.24. The molecule has 1 fully saturated rings. The van der Waals surface area contributed by atoms with E-state index < -0.39 is 0 Å². The van der Waals surface area contributed by atoms with E-state index in [-0.39, 0.29) is 11.9 Å². The van der Waals surface area contributed by atoms with Gasteiger partial charge < -0.3 is 9.47 Å². The average Bonchev–Trinajstić information content (AvgIpc) is 3.08. The van der Waals surface area contributed by atoms with Gasteiger partial charge in [-0.05, 0) is 54.9 Å². The molecule has 5 nitrogen and oxygen atoms in total. The molecule has 0 amide bonds. The minimum Gasteiger partial charge on any atom is -0.304 e. The SMILES string of the molecule is Fc1ccc(Cn2c([N]C3CCN(CCN=C=S)CC3)nc3ccccc32)cc1. The molecule has 1 aliphatic rings. The number of isothiocyanates is 1. The predicted molar refractivity (Wildman–Crippen MR) is 116 cm³/mol. The molecule has 149 valence electrons. The molecule has 3 aromatic rings. The number of fused-ring (bicyclic) bond motifs is 1. The number of benzene rings is 2. The van der Waals surface area contributed by atoms with Gasteiger partial charge in [-0.1, -0.05) is 24.3 Å². The number of hydrogen-bond donors (Lipinski definition) is 0. The smallest absolute Gasteiger partial charge is 0.226 e. The van der Waals surface area contributed by atoms with Gasteiger partial charge in [-0.3, -0.25) is 0 Å². The Morgan fingerprint density at radius 1 is 1.10 bits per heavy atom. The molecule has 1 radical (unpaired) electrons. The molecule has 0 atom stereocenters. The van der Waals surface area contributed by atoms with Gasteiger partial charge in [0.25, 0.3) is 0 Å². The molecule has 7 heteroatoms. The van der Waals surface area contributed by atoms with Gasteiger partial charge in [-0.25, -0.2) is 19.7 Å². The molecule has 0 saturated carbocycles. The molecule has 2 aromatic carbocycles. The van der Waals surface area contributed by atoms with E-state index in [0.717, 1.165) is 55.0 Å². The normalized spacial score (nSPS) is 15.3. The van der Waals surface area contributed by atoms with Crippen molar-refractivity contribution in [2.75, 3.05) is 26.2 Å². The Hall–Kier alpha value is -2.60. The van der Waals surface area contributed by atoms with Gasteiger partial charge in [0, 0.05) is 19.6 Å². The predicted octanol–water partition coefficient (Wildman–Crippen LogP) is 4.03. The van der Waals surface area contributed by atoms with Crippen LogP contribution in [0.3, 0.4) is 0 Å². The quantitative estimate of drug-likeness (QED) is 0.438. The van der Waals surface area contributed by atoms with Crippen molar-refractivity contribution < 1.29 is 4.39 Å². The highest BCUT2D eigenvalue weighted by atomic mass is 32.1. The molecule has 1 aromatic heterocycles. The summed E-state index contributed by atoms with van der Waals surface area (Å²) in [4.78, 5) is 11.2. The van der Waals surface area contributed by atoms with Crippen LogP contribution >= 0.6 is 12.2 Å². The van der Waals surface area contributed by atoms with Gasteiger partial charge in [0.05, 0.1) is 35.3 Å². The molecule has 0 aliphatic carbocycles. The third-order valence-corrected chi connectivity index (χ3v) is 5.47. The van der Waals surface area contributed by atoms with E-state index >= 15 is 0 Å². The molecule has 0 bridgehead atoms. The Bertz CT molecular complexity index is 1000. The van der Waals surface area contributed by atoms with Crippen LogP contribution in [0.2, 0.25) is 0 Å². The van der Waals surface area contributed by atoms with Crippen LogP contribution in [-0.2, 0) is 6.54 Å². The molecule has 0 unspecified atom stereocenters. The molecule has 2 heterocycles. The van der Waals surface area contributed by atoms with Crippen LogP contribution in [-0.4, -0.2) is 51.8 Å². The number of rotatable bonds is 7. The zero-order chi connectivity index (χ0) is 20.1. The summed E-state index contributed by atoms with van der Waals surface area (Å²) < 4.78 is 15.4. The minimum absolute atomic E-state index is 0.225. The van der Waals surface area contributed by atoms with Crippen molar-refractivity contribution >= 4 is 34.4 Å². The zero-order valence-electron chi connectivity index (χ0n) is 16.2. The van der Waals surface area contributed by atoms with Crippen molar-refractivity contribution in [1.82, 2.24) is 19.8 Å². The fourth-order valence-corrected chi connectivity index (χ4v) is 3.85. The first-order valence-corrected chi connectivity index (χ1v) is 10.3. The number of piperidine rings is 1. The molecule has 1 aliphatic heterocycles. The van der Waals surface area contributed by atoms with Crippen LogP contribution in [0.1, 0.15) is 18.4 Å². The maximum Gasteiger partial charge on any atom is 0.226 e. The van der Waals surface area contributed by atoms with Crippen LogP contribution in [0.4, 0.5) is 10.3 Å². The van der Waals surface area contributed by atoms with Crippen LogP contribution in [0.25, 0.3) is 11.0 Å². The van der Waals surface area contributed by atoms with E-state index in [2.05, 4.69) is 37.9 Å². The van der Waals surface area contributed by atoms with Gasteiger partial charge >= 0.3 is 0 Å². The molecular formula is C22H23FN5S. The lowest BCUT2D eigenvalue weighted by Crippen LogP contribution is -2.40. The number of halogens is 1. The maximum absolute atomic E-state index is 13.3. The molecule has 4 rings (SSSR count). The highest BCUT2D eigenvalue weighted by Crippen LogP contribution is 2.24. The standard InChI is InChI=1S/C22H23FN5S/c23-18-7-5-17(6-8-18)15-28-21-4-2-1-3-20(21)26-22(28)25-19-9-12-27(13-10-19)14-11-24-16-29/h1-8,19H,9-15H2. The van der Waals surface area contributed by atoms with E-state index in [1.165, 1.54) is 12.1 Å². The molecule has 0 N–H and O–H groups in total. The maximum atomic E-state index is 13.3. The lowest BCUT2D eigenvalue weighted by atomic mass is 10.1. The number of nitrogens with zero attached hydrogens (tertiary/aromatic N) is 5. The Morgan fingerprint density at radius 3 is 2.62 bits per heavy atom. The van der Waals surface area contributed by atoms with Crippen molar-refractivity contribution in [2.24, 2.45) is 4.99 Å². The van der Waals surface area contributed by atoms with Crippen molar-refractivity contribution in [3.05, 3.63) is 59.9 Å². The number of likely N-dealkylation sites (tertiary alicyclic amines) is 1. The minimum atomic E-state index is -0.225. The summed E-state index contributed by atoms with van der Waals surface area (Å²) in [7, 11) is 0. The first-order valence-electron chi connectivity index (χ1n) is 9.89. The highest BCUT2D eigenvalue weighted by molar-refractivity contribution is 7.78. The number of hydrogen-bond acceptors (Lipinski definition) is 4. The van der Waals surface area contributed by atoms with Crippen LogP contribution in [0.15, 0.2) is 53.5 Å². The van der Waals surface area contributed by atoms with Crippen molar-refractivity contribution in [3.8, 4) is 0 Å². The average molecular weight is 409 g/mol. The second-order valence-corrected chi connectivity index (χ2v) is 7.47. The highest BCUT2D eigenvalue weighted by Gasteiger charge is 2.22. The summed E-state index contributed by atoms with van der Waals surface area (Å²) in [6, 6.07) is 14.9. The first kappa shape index (κ1) is 19.7. The lowest BCUT2D eigenvalue weighted by Gasteiger charge is -2.30. The lowest BCUT2D eigenvalue weighted by molar-refractivity contribution is 0.208. The summed E-state index contributed by atoms with van der Waals surface area (Å²) >= 11 is 4.63. The Morgan fingerprint density at radius 2 is 1.86 bits per heavy atom. The van der Waals surface area contributed by atoms with Crippen molar-refractivity contribution in [1.29, 1.82) is 0 Å². The Labute approximate surface area is 175 Å². The number of thiocarbonyl (C=S) groups is 1. The topological polar surface area (TPSA) is 47.5 Å². The molecule has 0 spiro atoms. The Kier molecular flexibility index (Phi) is 6.30. The van der Waals surface area contributed by atoms with Gasteiger partial charge in [-0.2, -0.15) is 0 Å². The van der Waals surface area contributed by atoms with Crippen molar-refractivity contribution in [2.45, 2.75) is 25.4 Å². The molecule has 29 heavy (non-hydrogen) atoms. The van der Waals surface area contributed by atoms with Crippen LogP contribution in [0, 0.1) is 5.82 Å². The summed E-state index contributed by atoms with van der Waals surface area (Å²) in [5, 5.41) is 7.42. The second-order valence-electron chi connectivity index (χ2n) is 7.29. The number of aromatic nitrogens is 2. The molecule has 1 saturated heterocycles. The van der Waals surface area contributed by atoms with E-state index in [4.69, 9.17) is 10.3 Å². The fourth-order valence-electron chi connectivity index (χ4n) is 3.76. The summed E-state index contributed by atoms with van der Waals surface area (Å²) in [5.41, 5.74) is 3.01. The third-order valence-electron chi connectivity index (χ3n) is 5.34. The van der Waals surface area contributed by atoms with Crippen LogP contribution < -0.4 is 5.32 Å². The van der Waals surface area contributed by atoms with E-state index in [0.29, 0.717) is 13.1 Å². The monoisotopic (exact) mass is 408 g/mol. The number of aliphatic imine (C=N–C) groups is 1. The second kappa shape index (κ2) is 9.27. The largest absolute Gasteiger partial charge is 0.304 e. The van der Waals surface area contributed by atoms with E-state index in [1.807, 2.05) is 30.3 Å². The van der Waals surface area contributed by atoms with E-state index in [1.54, 1.807) is 0 Å². The van der Waals surface area contributed by atoms with Crippen LogP contribution in [0.5, 0.6) is 0 Å². The van der Waals surface area contributed by atoms with Gasteiger partial charge in [0.15, 0.2) is 0 Å². The van der Waals surface area contributed by atoms with E-state index in [9.17, 15) is 4.39 Å².